The molecule has 2 amide bonds. The van der Waals surface area contributed by atoms with E-state index < -0.39 is 0 Å². The van der Waals surface area contributed by atoms with Crippen molar-refractivity contribution in [2.45, 2.75) is 0 Å². The highest BCUT2D eigenvalue weighted by Crippen LogP contribution is 2.32. The lowest BCUT2D eigenvalue weighted by Crippen LogP contribution is -2.47. The van der Waals surface area contributed by atoms with Crippen molar-refractivity contribution in [1.29, 1.82) is 0 Å². The Bertz CT molecular complexity index is 1140. The molecule has 2 heterocycles. The van der Waals surface area contributed by atoms with Gasteiger partial charge in [0, 0.05) is 67.9 Å². The van der Waals surface area contributed by atoms with E-state index in [4.69, 9.17) is 16.3 Å². The summed E-state index contributed by atoms with van der Waals surface area (Å²) in [4.78, 5) is 27.7. The number of ether oxygens (including phenoxy) is 1. The molecule has 0 atom stereocenters. The predicted octanol–water partition coefficient (Wildman–Crippen LogP) is 3.58. The Morgan fingerprint density at radius 2 is 1.71 bits per heavy atom. The Kier molecular flexibility index (Phi) is 8.36. The van der Waals surface area contributed by atoms with Gasteiger partial charge < -0.3 is 20.2 Å². The third-order valence-corrected chi connectivity index (χ3v) is 6.15. The predicted molar refractivity (Wildman–Crippen MR) is 137 cm³/mol. The molecule has 1 saturated heterocycles. The molecule has 0 aliphatic carbocycles. The number of hydrogen-bond acceptors (Lipinski definition) is 6. The third-order valence-electron chi connectivity index (χ3n) is 5.90. The fraction of sp³-hybridized carbons (Fsp3) is 0.320. The van der Waals surface area contributed by atoms with Crippen LogP contribution in [0.2, 0.25) is 5.02 Å². The number of aromatic nitrogens is 2. The fourth-order valence-corrected chi connectivity index (χ4v) is 4.11. The highest BCUT2D eigenvalue weighted by molar-refractivity contribution is 6.30. The number of halogens is 1. The van der Waals surface area contributed by atoms with Gasteiger partial charge in [0.2, 0.25) is 0 Å². The standard InChI is InChI=1S/C25H29ClN6O3/c1-30-23(8-9-27-30)22-18-21(29-25(34)28-20-4-2-19(26)3-5-20)6-7-24(22)35-17-15-32-12-10-31(11-13-32)14-16-33/h2-9,16,18H,10-15,17H2,1H3,(H2,28,29,34). The zero-order valence-electron chi connectivity index (χ0n) is 19.6. The summed E-state index contributed by atoms with van der Waals surface area (Å²) in [6.45, 7) is 5.42. The molecule has 4 rings (SSSR count). The minimum atomic E-state index is -0.356. The van der Waals surface area contributed by atoms with Gasteiger partial charge in [-0.25, -0.2) is 4.79 Å². The third kappa shape index (κ3) is 6.82. The summed E-state index contributed by atoms with van der Waals surface area (Å²) in [5.41, 5.74) is 2.99. The summed E-state index contributed by atoms with van der Waals surface area (Å²) >= 11 is 5.91. The van der Waals surface area contributed by atoms with Gasteiger partial charge >= 0.3 is 6.03 Å². The topological polar surface area (TPSA) is 91.7 Å². The molecule has 1 fully saturated rings. The van der Waals surface area contributed by atoms with E-state index in [1.807, 2.05) is 31.3 Å². The maximum absolute atomic E-state index is 12.5. The van der Waals surface area contributed by atoms with Gasteiger partial charge in [-0.3, -0.25) is 14.5 Å². The van der Waals surface area contributed by atoms with Crippen LogP contribution in [0.1, 0.15) is 0 Å². The molecule has 3 aromatic rings. The van der Waals surface area contributed by atoms with Crippen molar-refractivity contribution in [2.24, 2.45) is 7.05 Å². The molecule has 9 nitrogen and oxygen atoms in total. The number of benzene rings is 2. The van der Waals surface area contributed by atoms with Crippen molar-refractivity contribution in [1.82, 2.24) is 19.6 Å². The summed E-state index contributed by atoms with van der Waals surface area (Å²) in [5, 5.41) is 10.5. The molecule has 2 aromatic carbocycles. The molecule has 0 unspecified atom stereocenters. The molecule has 1 aromatic heterocycles. The van der Waals surface area contributed by atoms with Crippen molar-refractivity contribution in [3.8, 4) is 17.0 Å². The second-order valence-corrected chi connectivity index (χ2v) is 8.73. The SMILES string of the molecule is Cn1nccc1-c1cc(NC(=O)Nc2ccc(Cl)cc2)ccc1OCCN1CCN(CC=O)CC1. The molecule has 2 N–H and O–H groups in total. The fourth-order valence-electron chi connectivity index (χ4n) is 3.98. The Morgan fingerprint density at radius 1 is 1.03 bits per heavy atom. The Labute approximate surface area is 209 Å². The molecule has 0 spiro atoms. The Morgan fingerprint density at radius 3 is 2.40 bits per heavy atom. The minimum Gasteiger partial charge on any atom is -0.492 e. The van der Waals surface area contributed by atoms with Crippen LogP contribution >= 0.6 is 11.6 Å². The summed E-state index contributed by atoms with van der Waals surface area (Å²) in [6.07, 6.45) is 2.68. The van der Waals surface area contributed by atoms with E-state index in [1.165, 1.54) is 0 Å². The maximum atomic E-state index is 12.5. The van der Waals surface area contributed by atoms with Crippen LogP contribution in [0.4, 0.5) is 16.2 Å². The van der Waals surface area contributed by atoms with Crippen molar-refractivity contribution < 1.29 is 14.3 Å². The zero-order chi connectivity index (χ0) is 24.6. The molecule has 0 bridgehead atoms. The lowest BCUT2D eigenvalue weighted by Gasteiger charge is -2.33. The summed E-state index contributed by atoms with van der Waals surface area (Å²) in [6, 6.07) is 14.0. The van der Waals surface area contributed by atoms with E-state index >= 15 is 0 Å². The minimum absolute atomic E-state index is 0.356. The maximum Gasteiger partial charge on any atom is 0.323 e. The van der Waals surface area contributed by atoms with Crippen LogP contribution in [0.5, 0.6) is 5.75 Å². The number of aldehydes is 1. The average Bonchev–Trinajstić information content (AvgIpc) is 3.28. The zero-order valence-corrected chi connectivity index (χ0v) is 20.4. The molecular formula is C25H29ClN6O3. The van der Waals surface area contributed by atoms with Crippen molar-refractivity contribution in [3.63, 3.8) is 0 Å². The smallest absolute Gasteiger partial charge is 0.323 e. The Hall–Kier alpha value is -3.40. The van der Waals surface area contributed by atoms with Gasteiger partial charge in [-0.1, -0.05) is 11.6 Å². The van der Waals surface area contributed by atoms with Crippen molar-refractivity contribution >= 4 is 35.3 Å². The van der Waals surface area contributed by atoms with E-state index in [9.17, 15) is 9.59 Å². The second kappa shape index (κ2) is 11.8. The first-order chi connectivity index (χ1) is 17.0. The highest BCUT2D eigenvalue weighted by atomic mass is 35.5. The first kappa shape index (κ1) is 24.7. The lowest BCUT2D eigenvalue weighted by atomic mass is 10.1. The van der Waals surface area contributed by atoms with Gasteiger partial charge in [0.15, 0.2) is 0 Å². The number of piperazine rings is 1. The van der Waals surface area contributed by atoms with Crippen LogP contribution in [0.25, 0.3) is 11.3 Å². The van der Waals surface area contributed by atoms with Crippen LogP contribution < -0.4 is 15.4 Å². The van der Waals surface area contributed by atoms with Crippen LogP contribution in [0.15, 0.2) is 54.7 Å². The quantitative estimate of drug-likeness (QED) is 0.440. The molecule has 0 saturated carbocycles. The first-order valence-electron chi connectivity index (χ1n) is 11.5. The van der Waals surface area contributed by atoms with Crippen LogP contribution in [0.3, 0.4) is 0 Å². The van der Waals surface area contributed by atoms with Crippen LogP contribution in [-0.2, 0) is 11.8 Å². The van der Waals surface area contributed by atoms with Gasteiger partial charge in [-0.15, -0.1) is 0 Å². The number of hydrogen-bond donors (Lipinski definition) is 2. The molecule has 1 aliphatic heterocycles. The van der Waals surface area contributed by atoms with E-state index in [0.29, 0.717) is 29.5 Å². The van der Waals surface area contributed by atoms with Crippen LogP contribution in [-0.4, -0.2) is 77.8 Å². The lowest BCUT2D eigenvalue weighted by molar-refractivity contribution is -0.109. The number of nitrogens with one attached hydrogen (secondary N) is 2. The van der Waals surface area contributed by atoms with Gasteiger partial charge in [-0.05, 0) is 48.5 Å². The molecule has 184 valence electrons. The van der Waals surface area contributed by atoms with Gasteiger partial charge in [0.25, 0.3) is 0 Å². The monoisotopic (exact) mass is 496 g/mol. The number of rotatable bonds is 9. The van der Waals surface area contributed by atoms with Gasteiger partial charge in [-0.2, -0.15) is 5.10 Å². The van der Waals surface area contributed by atoms with Gasteiger partial charge in [0.1, 0.15) is 18.6 Å². The molecule has 0 radical (unpaired) electrons. The van der Waals surface area contributed by atoms with E-state index in [2.05, 4.69) is 25.5 Å². The first-order valence-corrected chi connectivity index (χ1v) is 11.9. The number of amides is 2. The Balaban J connectivity index is 1.40. The van der Waals surface area contributed by atoms with E-state index in [0.717, 1.165) is 56.0 Å². The van der Waals surface area contributed by atoms with E-state index in [1.54, 1.807) is 35.1 Å². The second-order valence-electron chi connectivity index (χ2n) is 8.29. The number of carbonyl (C=O) groups is 2. The van der Waals surface area contributed by atoms with E-state index in [-0.39, 0.29) is 6.03 Å². The number of carbonyl (C=O) groups excluding carboxylic acids is 2. The number of anilines is 2. The summed E-state index contributed by atoms with van der Waals surface area (Å²) in [7, 11) is 1.87. The van der Waals surface area contributed by atoms with Crippen molar-refractivity contribution in [3.05, 3.63) is 59.8 Å². The number of nitrogens with zero attached hydrogens (tertiary/aromatic N) is 4. The summed E-state index contributed by atoms with van der Waals surface area (Å²) in [5.74, 6) is 0.719. The van der Waals surface area contributed by atoms with Crippen molar-refractivity contribution in [2.75, 3.05) is 56.5 Å². The molecule has 10 heteroatoms. The largest absolute Gasteiger partial charge is 0.492 e. The average molecular weight is 497 g/mol. The number of aryl methyl sites for hydroxylation is 1. The summed E-state index contributed by atoms with van der Waals surface area (Å²) < 4.78 is 7.94. The molecule has 1 aliphatic rings. The van der Waals surface area contributed by atoms with Gasteiger partial charge in [0.05, 0.1) is 12.2 Å². The number of urea groups is 1. The highest BCUT2D eigenvalue weighted by Gasteiger charge is 2.17. The molecular weight excluding hydrogens is 468 g/mol. The molecule has 35 heavy (non-hydrogen) atoms. The van der Waals surface area contributed by atoms with Crippen LogP contribution in [0, 0.1) is 0 Å². The normalized spacial score (nSPS) is 14.5.